The van der Waals surface area contributed by atoms with E-state index in [4.69, 9.17) is 10.5 Å². The normalized spacial score (nSPS) is 9.83. The van der Waals surface area contributed by atoms with Crippen molar-refractivity contribution in [1.82, 2.24) is 9.88 Å². The quantitative estimate of drug-likeness (QED) is 0.881. The molecule has 124 valence electrons. The molecule has 2 rings (SSSR count). The highest BCUT2D eigenvalue weighted by Crippen LogP contribution is 2.13. The number of amides is 1. The molecule has 0 aliphatic carbocycles. The SMILES string of the molecule is CCOc1ccc(CN(C)C(=O)Cc2ccc(N)cn2)cc1.Cl. The molecule has 0 radical (unpaired) electrons. The fraction of sp³-hybridized carbons (Fsp3) is 0.294. The van der Waals surface area contributed by atoms with Crippen molar-refractivity contribution >= 4 is 24.0 Å². The molecule has 0 fully saturated rings. The Hall–Kier alpha value is -2.27. The predicted molar refractivity (Wildman–Crippen MR) is 93.7 cm³/mol. The number of nitrogens with two attached hydrogens (primary N) is 1. The molecule has 6 heteroatoms. The second-order valence-electron chi connectivity index (χ2n) is 5.09. The van der Waals surface area contributed by atoms with Gasteiger partial charge in [-0.3, -0.25) is 9.78 Å². The second kappa shape index (κ2) is 9.00. The van der Waals surface area contributed by atoms with Crippen LogP contribution < -0.4 is 10.5 Å². The van der Waals surface area contributed by atoms with E-state index in [1.54, 1.807) is 30.3 Å². The van der Waals surface area contributed by atoms with Gasteiger partial charge in [0.1, 0.15) is 5.75 Å². The molecule has 0 saturated carbocycles. The van der Waals surface area contributed by atoms with E-state index in [0.717, 1.165) is 17.0 Å². The van der Waals surface area contributed by atoms with Crippen molar-refractivity contribution in [3.8, 4) is 5.75 Å². The van der Waals surface area contributed by atoms with Crippen molar-refractivity contribution in [3.05, 3.63) is 53.9 Å². The van der Waals surface area contributed by atoms with Gasteiger partial charge in [-0.25, -0.2) is 0 Å². The first-order valence-corrected chi connectivity index (χ1v) is 7.24. The van der Waals surface area contributed by atoms with Gasteiger partial charge in [-0.15, -0.1) is 12.4 Å². The van der Waals surface area contributed by atoms with Gasteiger partial charge in [0.2, 0.25) is 5.91 Å². The highest BCUT2D eigenvalue weighted by molar-refractivity contribution is 5.85. The van der Waals surface area contributed by atoms with Gasteiger partial charge < -0.3 is 15.4 Å². The first-order valence-electron chi connectivity index (χ1n) is 7.24. The van der Waals surface area contributed by atoms with Gasteiger partial charge in [0.05, 0.1) is 24.9 Å². The van der Waals surface area contributed by atoms with E-state index >= 15 is 0 Å². The molecule has 5 nitrogen and oxygen atoms in total. The van der Waals surface area contributed by atoms with Crippen LogP contribution in [0.25, 0.3) is 0 Å². The molecule has 1 amide bonds. The van der Waals surface area contributed by atoms with E-state index in [1.165, 1.54) is 0 Å². The van der Waals surface area contributed by atoms with Crippen molar-refractivity contribution in [1.29, 1.82) is 0 Å². The molecule has 1 aromatic carbocycles. The molecular formula is C17H22ClN3O2. The minimum atomic E-state index is 0. The van der Waals surface area contributed by atoms with Crippen LogP contribution in [0.5, 0.6) is 5.75 Å². The maximum Gasteiger partial charge on any atom is 0.228 e. The number of benzene rings is 1. The van der Waals surface area contributed by atoms with Gasteiger partial charge in [-0.2, -0.15) is 0 Å². The van der Waals surface area contributed by atoms with Crippen LogP contribution in [0.15, 0.2) is 42.6 Å². The standard InChI is InChI=1S/C17H21N3O2.ClH/c1-3-22-16-8-4-13(5-9-16)12-20(2)17(21)10-15-7-6-14(18)11-19-15;/h4-9,11H,3,10,12,18H2,1-2H3;1H. The summed E-state index contributed by atoms with van der Waals surface area (Å²) in [6, 6.07) is 11.3. The number of carbonyl (C=O) groups excluding carboxylic acids is 1. The number of anilines is 1. The summed E-state index contributed by atoms with van der Waals surface area (Å²) >= 11 is 0. The number of hydrogen-bond acceptors (Lipinski definition) is 4. The zero-order valence-corrected chi connectivity index (χ0v) is 14.2. The molecule has 1 heterocycles. The first-order chi connectivity index (χ1) is 10.6. The topological polar surface area (TPSA) is 68.5 Å². The Labute approximate surface area is 142 Å². The van der Waals surface area contributed by atoms with Crippen LogP contribution in [0.4, 0.5) is 5.69 Å². The maximum atomic E-state index is 12.2. The number of pyridine rings is 1. The van der Waals surface area contributed by atoms with Gasteiger partial charge in [-0.1, -0.05) is 12.1 Å². The Kier molecular flexibility index (Phi) is 7.35. The number of hydrogen-bond donors (Lipinski definition) is 1. The molecule has 23 heavy (non-hydrogen) atoms. The van der Waals surface area contributed by atoms with E-state index in [-0.39, 0.29) is 24.7 Å². The number of nitrogens with zero attached hydrogens (tertiary/aromatic N) is 2. The number of likely N-dealkylation sites (N-methyl/N-ethyl adjacent to an activating group) is 1. The molecule has 2 N–H and O–H groups in total. The highest BCUT2D eigenvalue weighted by Gasteiger charge is 2.11. The molecule has 0 aliphatic heterocycles. The molecule has 0 bridgehead atoms. The summed E-state index contributed by atoms with van der Waals surface area (Å²) < 4.78 is 5.40. The number of nitrogen functional groups attached to an aromatic ring is 1. The molecule has 0 atom stereocenters. The Morgan fingerprint density at radius 2 is 1.91 bits per heavy atom. The van der Waals surface area contributed by atoms with Gasteiger partial charge in [0, 0.05) is 19.3 Å². The van der Waals surface area contributed by atoms with Crippen LogP contribution in [-0.4, -0.2) is 29.4 Å². The Bertz CT molecular complexity index is 615. The van der Waals surface area contributed by atoms with E-state index in [0.29, 0.717) is 18.8 Å². The fourth-order valence-electron chi connectivity index (χ4n) is 2.05. The average Bonchev–Trinajstić information content (AvgIpc) is 2.51. The Morgan fingerprint density at radius 3 is 2.48 bits per heavy atom. The first kappa shape index (κ1) is 18.8. The summed E-state index contributed by atoms with van der Waals surface area (Å²) in [6.45, 7) is 3.15. The van der Waals surface area contributed by atoms with Crippen molar-refractivity contribution in [2.45, 2.75) is 19.9 Å². The van der Waals surface area contributed by atoms with Crippen LogP contribution >= 0.6 is 12.4 Å². The minimum absolute atomic E-state index is 0. The molecule has 0 spiro atoms. The van der Waals surface area contributed by atoms with E-state index in [2.05, 4.69) is 4.98 Å². The lowest BCUT2D eigenvalue weighted by molar-refractivity contribution is -0.129. The zero-order chi connectivity index (χ0) is 15.9. The summed E-state index contributed by atoms with van der Waals surface area (Å²) in [5, 5.41) is 0. The molecule has 2 aromatic rings. The van der Waals surface area contributed by atoms with Gasteiger partial charge in [-0.05, 0) is 36.8 Å². The smallest absolute Gasteiger partial charge is 0.228 e. The number of aromatic nitrogens is 1. The molecule has 0 aliphatic rings. The van der Waals surface area contributed by atoms with Gasteiger partial charge in [0.25, 0.3) is 0 Å². The van der Waals surface area contributed by atoms with Crippen molar-refractivity contribution in [2.24, 2.45) is 0 Å². The monoisotopic (exact) mass is 335 g/mol. The van der Waals surface area contributed by atoms with Gasteiger partial charge >= 0.3 is 0 Å². The van der Waals surface area contributed by atoms with Crippen molar-refractivity contribution < 1.29 is 9.53 Å². The fourth-order valence-corrected chi connectivity index (χ4v) is 2.05. The highest BCUT2D eigenvalue weighted by atomic mass is 35.5. The molecule has 0 saturated heterocycles. The third kappa shape index (κ3) is 5.79. The number of halogens is 1. The summed E-state index contributed by atoms with van der Waals surface area (Å²) in [5.74, 6) is 0.859. The van der Waals surface area contributed by atoms with E-state index in [9.17, 15) is 4.79 Å². The molecule has 0 unspecified atom stereocenters. The van der Waals surface area contributed by atoms with Crippen LogP contribution in [0.1, 0.15) is 18.2 Å². The van der Waals surface area contributed by atoms with Crippen LogP contribution in [0, 0.1) is 0 Å². The largest absolute Gasteiger partial charge is 0.494 e. The Morgan fingerprint density at radius 1 is 1.22 bits per heavy atom. The third-order valence-electron chi connectivity index (χ3n) is 3.26. The Balaban J connectivity index is 0.00000264. The van der Waals surface area contributed by atoms with Gasteiger partial charge in [0.15, 0.2) is 0 Å². The zero-order valence-electron chi connectivity index (χ0n) is 13.4. The number of ether oxygens (including phenoxy) is 1. The summed E-state index contributed by atoms with van der Waals surface area (Å²) in [4.78, 5) is 18.0. The van der Waals surface area contributed by atoms with Crippen LogP contribution in [-0.2, 0) is 17.8 Å². The summed E-state index contributed by atoms with van der Waals surface area (Å²) in [6.07, 6.45) is 1.84. The molecule has 1 aromatic heterocycles. The van der Waals surface area contributed by atoms with E-state index in [1.807, 2.05) is 31.2 Å². The lowest BCUT2D eigenvalue weighted by Crippen LogP contribution is -2.28. The number of carbonyl (C=O) groups is 1. The second-order valence-corrected chi connectivity index (χ2v) is 5.09. The maximum absolute atomic E-state index is 12.2. The number of rotatable bonds is 6. The lowest BCUT2D eigenvalue weighted by atomic mass is 10.2. The average molecular weight is 336 g/mol. The van der Waals surface area contributed by atoms with Crippen LogP contribution in [0.3, 0.4) is 0 Å². The van der Waals surface area contributed by atoms with Crippen molar-refractivity contribution in [2.75, 3.05) is 19.4 Å². The van der Waals surface area contributed by atoms with Crippen molar-refractivity contribution in [3.63, 3.8) is 0 Å². The lowest BCUT2D eigenvalue weighted by Gasteiger charge is -2.17. The molecular weight excluding hydrogens is 314 g/mol. The summed E-state index contributed by atoms with van der Waals surface area (Å²) in [5.41, 5.74) is 7.96. The third-order valence-corrected chi connectivity index (χ3v) is 3.26. The summed E-state index contributed by atoms with van der Waals surface area (Å²) in [7, 11) is 1.79. The predicted octanol–water partition coefficient (Wildman–Crippen LogP) is 2.69. The van der Waals surface area contributed by atoms with Crippen LogP contribution in [0.2, 0.25) is 0 Å². The minimum Gasteiger partial charge on any atom is -0.494 e. The van der Waals surface area contributed by atoms with E-state index < -0.39 is 0 Å².